The van der Waals surface area contributed by atoms with Gasteiger partial charge in [0.1, 0.15) is 103 Å². The number of aliphatic hydroxyl groups excluding tert-OH is 14. The number of hydrogen-bond acceptors (Lipinski definition) is 28. The summed E-state index contributed by atoms with van der Waals surface area (Å²) in [6, 6.07) is 0. The van der Waals surface area contributed by atoms with Gasteiger partial charge in [-0.05, 0) is 51.4 Å². The highest BCUT2D eigenvalue weighted by molar-refractivity contribution is 5.78. The lowest BCUT2D eigenvalue weighted by molar-refractivity contribution is -0.359. The molecule has 4 saturated heterocycles. The molecule has 0 aromatic rings. The van der Waals surface area contributed by atoms with Crippen molar-refractivity contribution in [1.29, 1.82) is 0 Å². The molecule has 95 heavy (non-hydrogen) atoms. The normalized spacial score (nSPS) is 31.3. The van der Waals surface area contributed by atoms with Crippen LogP contribution in [0, 0.1) is 5.41 Å². The molecule has 0 bridgehead atoms. The van der Waals surface area contributed by atoms with Crippen LogP contribution in [0.5, 0.6) is 0 Å². The molecular weight excluding hydrogens is 1260 g/mol. The molecule has 0 saturated carbocycles. The minimum Gasteiger partial charge on any atom is -0.394 e. The molecule has 4 aliphatic heterocycles. The summed E-state index contributed by atoms with van der Waals surface area (Å²) in [5.74, 6) is 0.0868. The second-order valence-corrected chi connectivity index (χ2v) is 26.1. The molecule has 20 unspecified atom stereocenters. The molecule has 0 aromatic heterocycles. The van der Waals surface area contributed by atoms with Crippen LogP contribution in [0.4, 0.5) is 0 Å². The van der Waals surface area contributed by atoms with E-state index >= 15 is 0 Å². The largest absolute Gasteiger partial charge is 0.394 e. The topological polar surface area (TPSA) is 480 Å². The van der Waals surface area contributed by atoms with Gasteiger partial charge in [0.25, 0.3) is 0 Å². The van der Waals surface area contributed by atoms with E-state index in [0.717, 1.165) is 109 Å². The first kappa shape index (κ1) is 84.5. The van der Waals surface area contributed by atoms with E-state index in [0.29, 0.717) is 78.0 Å². The van der Waals surface area contributed by atoms with Crippen LogP contribution >= 0.6 is 0 Å². The third-order valence-corrected chi connectivity index (χ3v) is 17.3. The van der Waals surface area contributed by atoms with Gasteiger partial charge in [-0.25, -0.2) is 0 Å². The first-order valence-corrected chi connectivity index (χ1v) is 34.4. The molecule has 4 heterocycles. The van der Waals surface area contributed by atoms with E-state index in [2.05, 4.69) is 16.0 Å². The van der Waals surface area contributed by atoms with Crippen molar-refractivity contribution in [3.05, 3.63) is 0 Å². The third-order valence-electron chi connectivity index (χ3n) is 17.3. The third kappa shape index (κ3) is 30.9. The van der Waals surface area contributed by atoms with Gasteiger partial charge in [0.05, 0.1) is 52.9 Å². The van der Waals surface area contributed by atoms with Crippen molar-refractivity contribution in [2.24, 2.45) is 5.41 Å². The predicted octanol–water partition coefficient (Wildman–Crippen LogP) is -2.39. The van der Waals surface area contributed by atoms with Gasteiger partial charge in [0.15, 0.2) is 25.2 Å². The number of amides is 3. The first-order chi connectivity index (χ1) is 45.6. The molecule has 556 valence electrons. The number of ether oxygens (including phenoxy) is 10. The molecule has 4 fully saturated rings. The number of carbonyl (C=O) groups is 4. The van der Waals surface area contributed by atoms with Crippen LogP contribution in [0.15, 0.2) is 0 Å². The number of hydrogen-bond donors (Lipinski definition) is 17. The van der Waals surface area contributed by atoms with Gasteiger partial charge >= 0.3 is 0 Å². The number of unbranched alkanes of at least 4 members (excludes halogenated alkanes) is 15. The van der Waals surface area contributed by atoms with Crippen molar-refractivity contribution in [3.63, 3.8) is 0 Å². The zero-order valence-electron chi connectivity index (χ0n) is 55.7. The van der Waals surface area contributed by atoms with Crippen LogP contribution in [0.1, 0.15) is 168 Å². The van der Waals surface area contributed by atoms with E-state index in [1.54, 1.807) is 0 Å². The summed E-state index contributed by atoms with van der Waals surface area (Å²) in [4.78, 5) is 49.5. The second-order valence-electron chi connectivity index (χ2n) is 26.1. The van der Waals surface area contributed by atoms with E-state index in [4.69, 9.17) is 47.4 Å². The summed E-state index contributed by atoms with van der Waals surface area (Å²) in [5.41, 5.74) is -0.294. The van der Waals surface area contributed by atoms with E-state index in [-0.39, 0.29) is 55.2 Å². The van der Waals surface area contributed by atoms with E-state index in [1.165, 1.54) is 0 Å². The molecule has 0 aliphatic carbocycles. The predicted molar refractivity (Wildman–Crippen MR) is 335 cm³/mol. The molecule has 31 heteroatoms. The smallest absolute Gasteiger partial charge is 0.222 e. The fourth-order valence-electron chi connectivity index (χ4n) is 11.4. The Morgan fingerprint density at radius 1 is 0.337 bits per heavy atom. The number of nitrogens with one attached hydrogen (secondary N) is 3. The van der Waals surface area contributed by atoms with Crippen molar-refractivity contribution in [2.75, 3.05) is 85.7 Å². The lowest BCUT2D eigenvalue weighted by Crippen LogP contribution is -2.64. The maximum absolute atomic E-state index is 12.5. The summed E-state index contributed by atoms with van der Waals surface area (Å²) in [6.07, 6.45) is -12.5. The van der Waals surface area contributed by atoms with Gasteiger partial charge in [-0.15, -0.1) is 0 Å². The summed E-state index contributed by atoms with van der Waals surface area (Å²) >= 11 is 0. The van der Waals surface area contributed by atoms with Gasteiger partial charge in [-0.2, -0.15) is 0 Å². The van der Waals surface area contributed by atoms with Crippen LogP contribution in [0.2, 0.25) is 0 Å². The highest BCUT2D eigenvalue weighted by Crippen LogP contribution is 2.32. The number of carbonyl (C=O) groups excluding carboxylic acids is 4. The standard InChI is InChI=1S/C64H117N3O28/c1-64(2,38-86-32-25-40(72)22-14-6-3-4-7-15-23-45(73)65-27-18-10-12-20-30-88-60-56(84)52(80)58(43(36-70)92-60)94-62-54(82)50(78)48(76)41(34-68)90-62)39-87-33-26-47(75)67-29-17-9-5-8-16-24-46(74)66-28-19-11-13-21-31-89-61-57(85)53(81)59(44(37-71)93-61)95-63-55(83)51(79)49(77)42(35-69)91-63/h41-44,48-63,68-71,76-85H,3-39H2,1-2H3,(H,65,73)(H,66,74)(H,67,75). The van der Waals surface area contributed by atoms with Crippen molar-refractivity contribution in [2.45, 2.75) is 291 Å². The number of Topliss-reactive ketones (excluding diaryl/α,β-unsaturated/α-hetero) is 1. The SMILES string of the molecule is CC(C)(COCCC(=O)CCCCCCCCC(=O)NCCCCCCOC1OC(CO)C(OC2OC(CO)C(O)C(O)C2O)C(O)C1O)COCCC(=O)NCCCCCCCC(=O)NCCCCCCOC1OC(CO)C(OC2OC(CO)C(O)C(O)C2O)C(O)C1O. The Morgan fingerprint density at radius 3 is 1.04 bits per heavy atom. The number of aliphatic hydroxyl groups is 14. The lowest BCUT2D eigenvalue weighted by Gasteiger charge is -2.45. The molecule has 4 rings (SSSR count). The molecule has 0 spiro atoms. The van der Waals surface area contributed by atoms with E-state index in [9.17, 15) is 90.7 Å². The van der Waals surface area contributed by atoms with E-state index in [1.807, 2.05) is 13.8 Å². The summed E-state index contributed by atoms with van der Waals surface area (Å²) in [5, 5.41) is 151. The summed E-state index contributed by atoms with van der Waals surface area (Å²) in [7, 11) is 0. The molecule has 0 aromatic carbocycles. The summed E-state index contributed by atoms with van der Waals surface area (Å²) < 4.78 is 55.9. The zero-order chi connectivity index (χ0) is 69.7. The maximum Gasteiger partial charge on any atom is 0.222 e. The zero-order valence-corrected chi connectivity index (χ0v) is 55.7. The van der Waals surface area contributed by atoms with Gasteiger partial charge in [-0.3, -0.25) is 19.2 Å². The van der Waals surface area contributed by atoms with Crippen LogP contribution in [-0.2, 0) is 66.5 Å². The Bertz CT molecular complexity index is 1930. The van der Waals surface area contributed by atoms with E-state index < -0.39 is 149 Å². The van der Waals surface area contributed by atoms with Crippen molar-refractivity contribution < 1.29 is 138 Å². The number of rotatable bonds is 51. The number of ketones is 1. The fraction of sp³-hybridized carbons (Fsp3) is 0.938. The second kappa shape index (κ2) is 47.3. The Labute approximate surface area is 557 Å². The maximum atomic E-state index is 12.5. The Hall–Kier alpha value is -2.88. The average Bonchev–Trinajstić information content (AvgIpc) is 0.809. The van der Waals surface area contributed by atoms with Gasteiger partial charge in [0.2, 0.25) is 17.7 Å². The monoisotopic (exact) mass is 1380 g/mol. The van der Waals surface area contributed by atoms with Crippen LogP contribution in [0.25, 0.3) is 0 Å². The molecular formula is C64H117N3O28. The quantitative estimate of drug-likeness (QED) is 0.0283. The van der Waals surface area contributed by atoms with Crippen LogP contribution in [0.3, 0.4) is 0 Å². The molecule has 17 N–H and O–H groups in total. The fourth-order valence-corrected chi connectivity index (χ4v) is 11.4. The Morgan fingerprint density at radius 2 is 0.653 bits per heavy atom. The highest BCUT2D eigenvalue weighted by atomic mass is 16.8. The van der Waals surface area contributed by atoms with Crippen LogP contribution in [-0.4, -0.2) is 304 Å². The lowest BCUT2D eigenvalue weighted by atomic mass is 9.96. The van der Waals surface area contributed by atoms with Crippen molar-refractivity contribution in [1.82, 2.24) is 16.0 Å². The summed E-state index contributed by atoms with van der Waals surface area (Å²) in [6.45, 7) is 4.77. The average molecular weight is 1380 g/mol. The molecule has 0 radical (unpaired) electrons. The van der Waals surface area contributed by atoms with Crippen molar-refractivity contribution in [3.8, 4) is 0 Å². The Balaban J connectivity index is 0.854. The minimum atomic E-state index is -1.76. The first-order valence-electron chi connectivity index (χ1n) is 34.4. The van der Waals surface area contributed by atoms with Gasteiger partial charge in [0, 0.05) is 70.4 Å². The minimum absolute atomic E-state index is 0.00364. The van der Waals surface area contributed by atoms with Crippen molar-refractivity contribution >= 4 is 23.5 Å². The highest BCUT2D eigenvalue weighted by Gasteiger charge is 2.52. The molecule has 3 amide bonds. The molecule has 20 atom stereocenters. The molecule has 31 nitrogen and oxygen atoms in total. The molecule has 4 aliphatic rings. The Kier molecular flexibility index (Phi) is 42.1. The van der Waals surface area contributed by atoms with Gasteiger partial charge in [-0.1, -0.05) is 84.5 Å². The van der Waals surface area contributed by atoms with Gasteiger partial charge < -0.3 is 135 Å². The van der Waals surface area contributed by atoms with Crippen LogP contribution < -0.4 is 16.0 Å².